The van der Waals surface area contributed by atoms with Crippen LogP contribution < -0.4 is 10.6 Å². The molecule has 2 aromatic heterocycles. The fourth-order valence-electron chi connectivity index (χ4n) is 1.81. The van der Waals surface area contributed by atoms with Gasteiger partial charge in [-0.1, -0.05) is 0 Å². The Kier molecular flexibility index (Phi) is 4.71. The van der Waals surface area contributed by atoms with E-state index in [9.17, 15) is 9.59 Å². The van der Waals surface area contributed by atoms with Crippen molar-refractivity contribution in [1.82, 2.24) is 15.6 Å². The van der Waals surface area contributed by atoms with E-state index in [1.807, 2.05) is 19.1 Å². The second-order valence-electron chi connectivity index (χ2n) is 4.72. The Bertz CT molecular complexity index is 596. The fraction of sp³-hybridized carbons (Fsp3) is 0.267. The van der Waals surface area contributed by atoms with Gasteiger partial charge in [-0.25, -0.2) is 0 Å². The van der Waals surface area contributed by atoms with Crippen LogP contribution >= 0.6 is 0 Å². The lowest BCUT2D eigenvalue weighted by Gasteiger charge is -2.18. The number of carbonyl (C=O) groups is 2. The highest BCUT2D eigenvalue weighted by atomic mass is 16.3. The Labute approximate surface area is 122 Å². The molecule has 2 heterocycles. The van der Waals surface area contributed by atoms with Gasteiger partial charge in [0.2, 0.25) is 5.91 Å². The van der Waals surface area contributed by atoms with E-state index in [1.54, 1.807) is 25.4 Å². The van der Waals surface area contributed by atoms with E-state index in [0.717, 1.165) is 5.56 Å². The molecule has 2 rings (SSSR count). The van der Waals surface area contributed by atoms with Crippen molar-refractivity contribution in [3.63, 3.8) is 0 Å². The van der Waals surface area contributed by atoms with Crippen molar-refractivity contribution in [3.05, 3.63) is 54.2 Å². The Hall–Kier alpha value is -2.63. The molecule has 0 aliphatic heterocycles. The molecule has 0 saturated heterocycles. The summed E-state index contributed by atoms with van der Waals surface area (Å²) in [6.45, 7) is 3.50. The van der Waals surface area contributed by atoms with Gasteiger partial charge in [0.05, 0.1) is 17.9 Å². The van der Waals surface area contributed by atoms with Crippen molar-refractivity contribution in [2.24, 2.45) is 0 Å². The molecule has 0 spiro atoms. The maximum atomic E-state index is 12.1. The van der Waals surface area contributed by atoms with Crippen LogP contribution in [0.25, 0.3) is 0 Å². The van der Waals surface area contributed by atoms with E-state index in [4.69, 9.17) is 4.42 Å². The summed E-state index contributed by atoms with van der Waals surface area (Å²) in [5, 5.41) is 5.46. The van der Waals surface area contributed by atoms with Crippen molar-refractivity contribution in [2.45, 2.75) is 25.9 Å². The molecular weight excluding hydrogens is 270 g/mol. The molecular formula is C15H17N3O3. The van der Waals surface area contributed by atoms with Gasteiger partial charge in [-0.15, -0.1) is 0 Å². The first-order chi connectivity index (χ1) is 10.1. The van der Waals surface area contributed by atoms with Gasteiger partial charge in [0, 0.05) is 12.4 Å². The third kappa shape index (κ3) is 3.92. The molecule has 0 aromatic carbocycles. The van der Waals surface area contributed by atoms with Gasteiger partial charge in [-0.05, 0) is 37.6 Å². The van der Waals surface area contributed by atoms with Crippen LogP contribution in [0.15, 0.2) is 47.5 Å². The molecule has 0 aliphatic carbocycles. The maximum absolute atomic E-state index is 12.1. The SMILES string of the molecule is C[C@H](NC(=O)c1ccoc1)C(=O)N[C@H](C)c1ccncc1. The number of carbonyl (C=O) groups excluding carboxylic acids is 2. The molecule has 6 nitrogen and oxygen atoms in total. The summed E-state index contributed by atoms with van der Waals surface area (Å²) in [6, 6.07) is 4.41. The average molecular weight is 287 g/mol. The smallest absolute Gasteiger partial charge is 0.255 e. The highest BCUT2D eigenvalue weighted by Crippen LogP contribution is 2.10. The molecule has 21 heavy (non-hydrogen) atoms. The molecule has 0 unspecified atom stereocenters. The predicted octanol–water partition coefficient (Wildman–Crippen LogP) is 1.67. The first kappa shape index (κ1) is 14.8. The van der Waals surface area contributed by atoms with Crippen molar-refractivity contribution < 1.29 is 14.0 Å². The van der Waals surface area contributed by atoms with Gasteiger partial charge < -0.3 is 15.1 Å². The number of nitrogens with one attached hydrogen (secondary N) is 2. The fourth-order valence-corrected chi connectivity index (χ4v) is 1.81. The third-order valence-electron chi connectivity index (χ3n) is 3.09. The van der Waals surface area contributed by atoms with E-state index in [-0.39, 0.29) is 17.9 Å². The molecule has 2 amide bonds. The van der Waals surface area contributed by atoms with Crippen LogP contribution in [-0.4, -0.2) is 22.8 Å². The third-order valence-corrected chi connectivity index (χ3v) is 3.09. The molecule has 0 fully saturated rings. The van der Waals surface area contributed by atoms with Crippen LogP contribution in [0, 0.1) is 0 Å². The first-order valence-electron chi connectivity index (χ1n) is 6.61. The van der Waals surface area contributed by atoms with Crippen LogP contribution in [0.5, 0.6) is 0 Å². The lowest BCUT2D eigenvalue weighted by Crippen LogP contribution is -2.45. The summed E-state index contributed by atoms with van der Waals surface area (Å²) in [6.07, 6.45) is 6.08. The number of hydrogen-bond acceptors (Lipinski definition) is 4. The number of hydrogen-bond donors (Lipinski definition) is 2. The largest absolute Gasteiger partial charge is 0.472 e. The number of aromatic nitrogens is 1. The van der Waals surface area contributed by atoms with Gasteiger partial charge in [0.25, 0.3) is 5.91 Å². The topological polar surface area (TPSA) is 84.2 Å². The van der Waals surface area contributed by atoms with Gasteiger partial charge in [-0.2, -0.15) is 0 Å². The van der Waals surface area contributed by atoms with Crippen molar-refractivity contribution in [3.8, 4) is 0 Å². The molecule has 6 heteroatoms. The standard InChI is InChI=1S/C15H17N3O3/c1-10(12-3-6-16-7-4-12)17-14(19)11(2)18-15(20)13-5-8-21-9-13/h3-11H,1-2H3,(H,17,19)(H,18,20)/t10-,11+/m1/s1. The second kappa shape index (κ2) is 6.69. The molecule has 0 aliphatic rings. The normalized spacial score (nSPS) is 13.2. The predicted molar refractivity (Wildman–Crippen MR) is 76.4 cm³/mol. The Morgan fingerprint density at radius 2 is 1.86 bits per heavy atom. The zero-order chi connectivity index (χ0) is 15.2. The lowest BCUT2D eigenvalue weighted by molar-refractivity contribution is -0.123. The van der Waals surface area contributed by atoms with Crippen LogP contribution in [0.4, 0.5) is 0 Å². The van der Waals surface area contributed by atoms with E-state index in [1.165, 1.54) is 12.5 Å². The Morgan fingerprint density at radius 1 is 1.14 bits per heavy atom. The molecule has 2 aromatic rings. The maximum Gasteiger partial charge on any atom is 0.255 e. The minimum absolute atomic E-state index is 0.159. The summed E-state index contributed by atoms with van der Waals surface area (Å²) in [5.74, 6) is -0.598. The molecule has 0 saturated carbocycles. The summed E-state index contributed by atoms with van der Waals surface area (Å²) in [5.41, 5.74) is 1.34. The van der Waals surface area contributed by atoms with E-state index < -0.39 is 6.04 Å². The van der Waals surface area contributed by atoms with E-state index in [0.29, 0.717) is 5.56 Å². The Morgan fingerprint density at radius 3 is 2.48 bits per heavy atom. The van der Waals surface area contributed by atoms with Gasteiger partial charge in [-0.3, -0.25) is 14.6 Å². The van der Waals surface area contributed by atoms with Crippen LogP contribution in [0.1, 0.15) is 35.8 Å². The minimum Gasteiger partial charge on any atom is -0.472 e. The van der Waals surface area contributed by atoms with Crippen molar-refractivity contribution >= 4 is 11.8 Å². The highest BCUT2D eigenvalue weighted by Gasteiger charge is 2.19. The second-order valence-corrected chi connectivity index (χ2v) is 4.72. The van der Waals surface area contributed by atoms with Crippen molar-refractivity contribution in [1.29, 1.82) is 0 Å². The molecule has 0 bridgehead atoms. The number of pyridine rings is 1. The van der Waals surface area contributed by atoms with E-state index in [2.05, 4.69) is 15.6 Å². The summed E-state index contributed by atoms with van der Waals surface area (Å²) < 4.78 is 4.83. The summed E-state index contributed by atoms with van der Waals surface area (Å²) in [4.78, 5) is 27.8. The Balaban J connectivity index is 1.89. The molecule has 110 valence electrons. The van der Waals surface area contributed by atoms with Crippen LogP contribution in [-0.2, 0) is 4.79 Å². The molecule has 0 radical (unpaired) electrons. The van der Waals surface area contributed by atoms with Gasteiger partial charge in [0.15, 0.2) is 0 Å². The number of furan rings is 1. The molecule has 2 N–H and O–H groups in total. The highest BCUT2D eigenvalue weighted by molar-refractivity contribution is 5.97. The molecule has 2 atom stereocenters. The van der Waals surface area contributed by atoms with Gasteiger partial charge >= 0.3 is 0 Å². The summed E-state index contributed by atoms with van der Waals surface area (Å²) in [7, 11) is 0. The van der Waals surface area contributed by atoms with Crippen LogP contribution in [0.2, 0.25) is 0 Å². The lowest BCUT2D eigenvalue weighted by atomic mass is 10.1. The van der Waals surface area contributed by atoms with E-state index >= 15 is 0 Å². The average Bonchev–Trinajstić information content (AvgIpc) is 3.02. The first-order valence-corrected chi connectivity index (χ1v) is 6.61. The number of rotatable bonds is 5. The number of nitrogens with zero attached hydrogens (tertiary/aromatic N) is 1. The quantitative estimate of drug-likeness (QED) is 0.876. The zero-order valence-electron chi connectivity index (χ0n) is 11.9. The minimum atomic E-state index is -0.642. The summed E-state index contributed by atoms with van der Waals surface area (Å²) >= 11 is 0. The number of amides is 2. The monoisotopic (exact) mass is 287 g/mol. The van der Waals surface area contributed by atoms with Crippen molar-refractivity contribution in [2.75, 3.05) is 0 Å². The van der Waals surface area contributed by atoms with Gasteiger partial charge in [0.1, 0.15) is 12.3 Å². The van der Waals surface area contributed by atoms with Crippen LogP contribution in [0.3, 0.4) is 0 Å². The zero-order valence-corrected chi connectivity index (χ0v) is 11.9.